The zero-order chi connectivity index (χ0) is 15.3. The Bertz CT molecular complexity index is 749. The third kappa shape index (κ3) is 3.07. The Morgan fingerprint density at radius 1 is 1.04 bits per heavy atom. The van der Waals surface area contributed by atoms with E-state index in [0.717, 1.165) is 4.48 Å². The van der Waals surface area contributed by atoms with E-state index in [1.807, 2.05) is 0 Å². The van der Waals surface area contributed by atoms with Gasteiger partial charge in [0.15, 0.2) is 0 Å². The Balaban J connectivity index is 0.00000156. The van der Waals surface area contributed by atoms with Gasteiger partial charge in [-0.15, -0.1) is 0 Å². The summed E-state index contributed by atoms with van der Waals surface area (Å²) < 4.78 is 2.27. The number of nitrogens with zero attached hydrogens (tertiary/aromatic N) is 1. The molecular formula is C20H21Br2N. The van der Waals surface area contributed by atoms with Crippen LogP contribution in [0.25, 0.3) is 6.08 Å². The molecule has 1 saturated heterocycles. The van der Waals surface area contributed by atoms with Crippen LogP contribution in [0.3, 0.4) is 0 Å². The molecule has 0 spiro atoms. The minimum Gasteiger partial charge on any atom is -1.00 e. The Labute approximate surface area is 157 Å². The van der Waals surface area contributed by atoms with Crippen molar-refractivity contribution in [3.8, 4) is 0 Å². The van der Waals surface area contributed by atoms with Crippen molar-refractivity contribution in [1.82, 2.24) is 0 Å². The highest BCUT2D eigenvalue weighted by molar-refractivity contribution is 9.10. The van der Waals surface area contributed by atoms with E-state index in [1.165, 1.54) is 34.3 Å². The summed E-state index contributed by atoms with van der Waals surface area (Å²) in [6.45, 7) is 2.39. The van der Waals surface area contributed by atoms with E-state index in [2.05, 4.69) is 84.6 Å². The van der Waals surface area contributed by atoms with Gasteiger partial charge in [-0.25, -0.2) is 0 Å². The van der Waals surface area contributed by atoms with Gasteiger partial charge in [-0.05, 0) is 40.5 Å². The molecule has 2 atom stereocenters. The predicted molar refractivity (Wildman–Crippen MR) is 95.7 cm³/mol. The summed E-state index contributed by atoms with van der Waals surface area (Å²) in [6.07, 6.45) is 2.44. The molecule has 120 valence electrons. The highest BCUT2D eigenvalue weighted by Crippen LogP contribution is 2.47. The van der Waals surface area contributed by atoms with Crippen LogP contribution >= 0.6 is 15.9 Å². The van der Waals surface area contributed by atoms with Crippen molar-refractivity contribution in [2.75, 3.05) is 27.2 Å². The van der Waals surface area contributed by atoms with Gasteiger partial charge in [-0.1, -0.05) is 52.3 Å². The second-order valence-electron chi connectivity index (χ2n) is 7.26. The first-order valence-electron chi connectivity index (χ1n) is 7.90. The standard InChI is InChI=1S/C20H21BrN.BrH/c1-22(2)12-16-10-15-8-9-17(21)11-18(15)20(19(16)13-22)14-6-4-3-5-7-14;/h3-11,19-20H,12-13H2,1-2H3;1H/q+1;/p-1. The van der Waals surface area contributed by atoms with Gasteiger partial charge in [0.05, 0.1) is 20.6 Å². The molecule has 23 heavy (non-hydrogen) atoms. The van der Waals surface area contributed by atoms with Gasteiger partial charge in [0.2, 0.25) is 0 Å². The average Bonchev–Trinajstić information content (AvgIpc) is 2.79. The lowest BCUT2D eigenvalue weighted by molar-refractivity contribution is -0.877. The van der Waals surface area contributed by atoms with Gasteiger partial charge >= 0.3 is 0 Å². The molecule has 0 radical (unpaired) electrons. The molecule has 1 nitrogen and oxygen atoms in total. The molecule has 1 fully saturated rings. The third-order valence-corrected chi connectivity index (χ3v) is 5.56. The summed E-state index contributed by atoms with van der Waals surface area (Å²) in [4.78, 5) is 0. The number of quaternary nitrogens is 1. The van der Waals surface area contributed by atoms with Crippen LogP contribution in [0.15, 0.2) is 58.6 Å². The Hall–Kier alpha value is -0.900. The fourth-order valence-corrected chi connectivity index (χ4v) is 4.61. The van der Waals surface area contributed by atoms with E-state index >= 15 is 0 Å². The second-order valence-corrected chi connectivity index (χ2v) is 8.18. The molecule has 2 unspecified atom stereocenters. The van der Waals surface area contributed by atoms with E-state index in [9.17, 15) is 0 Å². The molecule has 1 aliphatic heterocycles. The van der Waals surface area contributed by atoms with Crippen molar-refractivity contribution < 1.29 is 21.5 Å². The molecule has 2 aromatic rings. The first-order chi connectivity index (χ1) is 10.5. The van der Waals surface area contributed by atoms with Gasteiger partial charge < -0.3 is 21.5 Å². The van der Waals surface area contributed by atoms with Crippen LogP contribution < -0.4 is 17.0 Å². The highest BCUT2D eigenvalue weighted by Gasteiger charge is 2.43. The van der Waals surface area contributed by atoms with E-state index in [-0.39, 0.29) is 17.0 Å². The van der Waals surface area contributed by atoms with Crippen molar-refractivity contribution in [3.63, 3.8) is 0 Å². The summed E-state index contributed by atoms with van der Waals surface area (Å²) in [5.41, 5.74) is 5.93. The molecule has 2 aromatic carbocycles. The third-order valence-electron chi connectivity index (χ3n) is 5.06. The molecular weight excluding hydrogens is 414 g/mol. The summed E-state index contributed by atoms with van der Waals surface area (Å²) in [7, 11) is 4.70. The van der Waals surface area contributed by atoms with Crippen LogP contribution in [0, 0.1) is 5.92 Å². The van der Waals surface area contributed by atoms with Crippen molar-refractivity contribution in [2.24, 2.45) is 5.92 Å². The SMILES string of the molecule is C[N+]1(C)CC2=Cc3ccc(Br)cc3C(c3ccccc3)C2C1.[Br-]. The molecule has 4 rings (SSSR count). The Morgan fingerprint density at radius 3 is 2.52 bits per heavy atom. The highest BCUT2D eigenvalue weighted by atomic mass is 79.9. The van der Waals surface area contributed by atoms with Crippen molar-refractivity contribution >= 4 is 22.0 Å². The normalized spacial score (nSPS) is 24.2. The van der Waals surface area contributed by atoms with Gasteiger partial charge in [-0.3, -0.25) is 0 Å². The summed E-state index contributed by atoms with van der Waals surface area (Å²) in [5, 5.41) is 0. The van der Waals surface area contributed by atoms with Crippen molar-refractivity contribution in [2.45, 2.75) is 5.92 Å². The van der Waals surface area contributed by atoms with Gasteiger partial charge in [0.25, 0.3) is 0 Å². The molecule has 0 amide bonds. The van der Waals surface area contributed by atoms with E-state index in [0.29, 0.717) is 11.8 Å². The summed E-state index contributed by atoms with van der Waals surface area (Å²) in [5.74, 6) is 1.10. The lowest BCUT2D eigenvalue weighted by Crippen LogP contribution is -3.00. The number of likely N-dealkylation sites (tertiary alicyclic amines) is 1. The van der Waals surface area contributed by atoms with E-state index < -0.39 is 0 Å². The van der Waals surface area contributed by atoms with Crippen molar-refractivity contribution in [1.29, 1.82) is 0 Å². The number of halogens is 2. The fraction of sp³-hybridized carbons (Fsp3) is 0.300. The zero-order valence-corrected chi connectivity index (χ0v) is 16.6. The maximum absolute atomic E-state index is 3.66. The Morgan fingerprint density at radius 2 is 1.78 bits per heavy atom. The largest absolute Gasteiger partial charge is 1.00 e. The van der Waals surface area contributed by atoms with Crippen LogP contribution in [0.2, 0.25) is 0 Å². The topological polar surface area (TPSA) is 0 Å². The van der Waals surface area contributed by atoms with E-state index in [1.54, 1.807) is 5.57 Å². The number of likely N-dealkylation sites (N-methyl/N-ethyl adjacent to an activating group) is 1. The van der Waals surface area contributed by atoms with Crippen LogP contribution in [0.5, 0.6) is 0 Å². The molecule has 0 N–H and O–H groups in total. The quantitative estimate of drug-likeness (QED) is 0.599. The molecule has 1 aliphatic carbocycles. The van der Waals surface area contributed by atoms with Crippen LogP contribution in [-0.4, -0.2) is 31.7 Å². The Kier molecular flexibility index (Phi) is 4.56. The number of hydrogen-bond donors (Lipinski definition) is 0. The molecule has 1 heterocycles. The number of benzene rings is 2. The monoisotopic (exact) mass is 433 g/mol. The minimum atomic E-state index is 0. The average molecular weight is 435 g/mol. The zero-order valence-electron chi connectivity index (χ0n) is 13.5. The molecule has 0 aromatic heterocycles. The minimum absolute atomic E-state index is 0. The first kappa shape index (κ1) is 16.9. The number of rotatable bonds is 1. The van der Waals surface area contributed by atoms with Gasteiger partial charge in [0, 0.05) is 16.3 Å². The maximum atomic E-state index is 3.66. The molecule has 0 bridgehead atoms. The second kappa shape index (κ2) is 6.19. The molecule has 3 heteroatoms. The lowest BCUT2D eigenvalue weighted by Gasteiger charge is -2.30. The van der Waals surface area contributed by atoms with Crippen LogP contribution in [-0.2, 0) is 0 Å². The molecule has 2 aliphatic rings. The summed E-state index contributed by atoms with van der Waals surface area (Å²) in [6, 6.07) is 17.8. The smallest absolute Gasteiger partial charge is 0.101 e. The number of fused-ring (bicyclic) bond motifs is 2. The summed E-state index contributed by atoms with van der Waals surface area (Å²) >= 11 is 3.66. The van der Waals surface area contributed by atoms with Crippen molar-refractivity contribution in [3.05, 3.63) is 75.3 Å². The van der Waals surface area contributed by atoms with E-state index in [4.69, 9.17) is 0 Å². The van der Waals surface area contributed by atoms with Gasteiger partial charge in [0.1, 0.15) is 6.54 Å². The molecule has 0 saturated carbocycles. The predicted octanol–water partition coefficient (Wildman–Crippen LogP) is 1.69. The van der Waals surface area contributed by atoms with Gasteiger partial charge in [-0.2, -0.15) is 0 Å². The van der Waals surface area contributed by atoms with Crippen LogP contribution in [0.1, 0.15) is 22.6 Å². The fourth-order valence-electron chi connectivity index (χ4n) is 4.23. The number of hydrogen-bond acceptors (Lipinski definition) is 0. The lowest BCUT2D eigenvalue weighted by atomic mass is 9.73. The first-order valence-corrected chi connectivity index (χ1v) is 8.70. The van der Waals surface area contributed by atoms with Crippen LogP contribution in [0.4, 0.5) is 0 Å². The maximum Gasteiger partial charge on any atom is 0.101 e.